The van der Waals surface area contributed by atoms with Crippen molar-refractivity contribution in [1.82, 2.24) is 9.97 Å². The lowest BCUT2D eigenvalue weighted by Crippen LogP contribution is -1.98. The number of carboxylic acids is 1. The summed E-state index contributed by atoms with van der Waals surface area (Å²) in [7, 11) is 0. The molecule has 1 heterocycles. The van der Waals surface area contributed by atoms with E-state index >= 15 is 0 Å². The summed E-state index contributed by atoms with van der Waals surface area (Å²) in [4.78, 5) is 16.1. The van der Waals surface area contributed by atoms with Crippen LogP contribution in [0.4, 0.5) is 5.82 Å². The first-order chi connectivity index (χ1) is 4.61. The van der Waals surface area contributed by atoms with Crippen LogP contribution < -0.4 is 5.73 Å². The molecule has 6 heteroatoms. The van der Waals surface area contributed by atoms with Gasteiger partial charge in [-0.05, 0) is 15.9 Å². The minimum absolute atomic E-state index is 0.150. The quantitative estimate of drug-likeness (QED) is 0.621. The van der Waals surface area contributed by atoms with Crippen LogP contribution >= 0.6 is 15.9 Å². The van der Waals surface area contributed by atoms with Crippen molar-refractivity contribution < 1.29 is 9.90 Å². The molecule has 0 bridgehead atoms. The molecule has 0 saturated carbocycles. The van der Waals surface area contributed by atoms with Gasteiger partial charge in [0.05, 0.1) is 0 Å². The van der Waals surface area contributed by atoms with E-state index in [1.807, 2.05) is 0 Å². The zero-order valence-electron chi connectivity index (χ0n) is 4.76. The number of hydrogen-bond donors (Lipinski definition) is 3. The number of carbonyl (C=O) groups is 1. The number of hydrogen-bond acceptors (Lipinski definition) is 3. The molecule has 0 unspecified atom stereocenters. The van der Waals surface area contributed by atoms with Gasteiger partial charge < -0.3 is 15.8 Å². The van der Waals surface area contributed by atoms with Crippen molar-refractivity contribution in [3.63, 3.8) is 0 Å². The van der Waals surface area contributed by atoms with Gasteiger partial charge in [0.2, 0.25) is 5.82 Å². The summed E-state index contributed by atoms with van der Waals surface area (Å²) in [5, 5.41) is 8.35. The van der Waals surface area contributed by atoms with E-state index in [1.165, 1.54) is 0 Å². The molecule has 0 spiro atoms. The largest absolute Gasteiger partial charge is 0.475 e. The first-order valence-electron chi connectivity index (χ1n) is 2.35. The molecule has 0 saturated heterocycles. The van der Waals surface area contributed by atoms with Gasteiger partial charge in [0.25, 0.3) is 0 Å². The van der Waals surface area contributed by atoms with E-state index in [0.717, 1.165) is 0 Å². The molecule has 0 radical (unpaired) electrons. The fourth-order valence-corrected chi connectivity index (χ4v) is 0.743. The number of H-pyrrole nitrogens is 1. The number of nitrogens with zero attached hydrogens (tertiary/aromatic N) is 1. The maximum absolute atomic E-state index is 10.2. The number of anilines is 1. The molecule has 0 aliphatic carbocycles. The molecule has 10 heavy (non-hydrogen) atoms. The van der Waals surface area contributed by atoms with Crippen molar-refractivity contribution in [2.45, 2.75) is 0 Å². The van der Waals surface area contributed by atoms with Gasteiger partial charge >= 0.3 is 5.97 Å². The predicted molar refractivity (Wildman–Crippen MR) is 37.7 cm³/mol. The standard InChI is InChI=1S/C4H4BrN3O2/c5-1-2(6)8-3(7-1)4(9)10/h6H2,(H,7,8)(H,9,10). The van der Waals surface area contributed by atoms with E-state index in [2.05, 4.69) is 25.9 Å². The molecule has 4 N–H and O–H groups in total. The number of rotatable bonds is 1. The molecule has 0 aromatic carbocycles. The van der Waals surface area contributed by atoms with Crippen molar-refractivity contribution in [3.05, 3.63) is 10.4 Å². The average molecular weight is 206 g/mol. The molecule has 5 nitrogen and oxygen atoms in total. The minimum Gasteiger partial charge on any atom is -0.475 e. The summed E-state index contributed by atoms with van der Waals surface area (Å²) in [6.07, 6.45) is 0. The summed E-state index contributed by atoms with van der Waals surface area (Å²) in [6.45, 7) is 0. The average Bonchev–Trinajstić information content (AvgIpc) is 2.13. The van der Waals surface area contributed by atoms with E-state index in [-0.39, 0.29) is 11.6 Å². The second-order valence-corrected chi connectivity index (χ2v) is 2.38. The van der Waals surface area contributed by atoms with Crippen molar-refractivity contribution in [2.24, 2.45) is 0 Å². The number of aromatic amines is 1. The summed E-state index contributed by atoms with van der Waals surface area (Å²) in [5.41, 5.74) is 5.23. The Hall–Kier alpha value is -1.04. The van der Waals surface area contributed by atoms with Gasteiger partial charge in [-0.25, -0.2) is 9.78 Å². The first-order valence-corrected chi connectivity index (χ1v) is 3.15. The first kappa shape index (κ1) is 7.07. The van der Waals surface area contributed by atoms with Crippen LogP contribution in [0.1, 0.15) is 10.6 Å². The fourth-order valence-electron chi connectivity index (χ4n) is 0.467. The maximum Gasteiger partial charge on any atom is 0.372 e. The molecule has 1 aromatic heterocycles. The van der Waals surface area contributed by atoms with Gasteiger partial charge in [0, 0.05) is 0 Å². The van der Waals surface area contributed by atoms with Crippen LogP contribution in [0.2, 0.25) is 0 Å². The van der Waals surface area contributed by atoms with Crippen molar-refractivity contribution in [1.29, 1.82) is 0 Å². The van der Waals surface area contributed by atoms with Crippen LogP contribution in [0, 0.1) is 0 Å². The van der Waals surface area contributed by atoms with Crippen LogP contribution in [0.25, 0.3) is 0 Å². The van der Waals surface area contributed by atoms with Gasteiger partial charge in [-0.2, -0.15) is 0 Å². The third-order valence-electron chi connectivity index (χ3n) is 0.888. The Kier molecular flexibility index (Phi) is 1.62. The van der Waals surface area contributed by atoms with E-state index in [1.54, 1.807) is 0 Å². The summed E-state index contributed by atoms with van der Waals surface area (Å²) >= 11 is 2.98. The molecule has 0 aliphatic heterocycles. The van der Waals surface area contributed by atoms with Gasteiger partial charge in [-0.3, -0.25) is 0 Å². The van der Waals surface area contributed by atoms with Crippen LogP contribution in [0.15, 0.2) is 4.60 Å². The molecule has 54 valence electrons. The molecular weight excluding hydrogens is 202 g/mol. The van der Waals surface area contributed by atoms with Gasteiger partial charge in [-0.15, -0.1) is 0 Å². The highest BCUT2D eigenvalue weighted by Crippen LogP contribution is 2.14. The van der Waals surface area contributed by atoms with Crippen LogP contribution in [-0.4, -0.2) is 21.0 Å². The normalized spacial score (nSPS) is 9.70. The summed E-state index contributed by atoms with van der Waals surface area (Å²) < 4.78 is 0.393. The number of aromatic nitrogens is 2. The SMILES string of the molecule is Nc1nc(C(=O)O)[nH]c1Br. The lowest BCUT2D eigenvalue weighted by atomic mass is 10.6. The third kappa shape index (κ3) is 1.10. The predicted octanol–water partition coefficient (Wildman–Crippen LogP) is 0.453. The molecule has 0 fully saturated rings. The molecule has 0 aliphatic rings. The molecular formula is C4H4BrN3O2. The number of nitrogens with one attached hydrogen (secondary N) is 1. The fraction of sp³-hybridized carbons (Fsp3) is 0. The van der Waals surface area contributed by atoms with E-state index in [0.29, 0.717) is 4.60 Å². The minimum atomic E-state index is -1.13. The zero-order valence-corrected chi connectivity index (χ0v) is 6.34. The highest BCUT2D eigenvalue weighted by Gasteiger charge is 2.09. The number of halogens is 1. The summed E-state index contributed by atoms with van der Waals surface area (Å²) in [6, 6.07) is 0. The lowest BCUT2D eigenvalue weighted by molar-refractivity contribution is 0.0684. The second-order valence-electron chi connectivity index (χ2n) is 1.59. The number of imidazole rings is 1. The van der Waals surface area contributed by atoms with Gasteiger partial charge in [0.15, 0.2) is 5.82 Å². The Labute approximate surface area is 64.4 Å². The van der Waals surface area contributed by atoms with E-state index in [4.69, 9.17) is 10.8 Å². The van der Waals surface area contributed by atoms with Crippen LogP contribution in [0.5, 0.6) is 0 Å². The second kappa shape index (κ2) is 2.30. The highest BCUT2D eigenvalue weighted by molar-refractivity contribution is 9.10. The van der Waals surface area contributed by atoms with Crippen LogP contribution in [0.3, 0.4) is 0 Å². The Morgan fingerprint density at radius 1 is 1.80 bits per heavy atom. The Bertz CT molecular complexity index is 250. The smallest absolute Gasteiger partial charge is 0.372 e. The van der Waals surface area contributed by atoms with E-state index in [9.17, 15) is 4.79 Å². The zero-order chi connectivity index (χ0) is 7.72. The Morgan fingerprint density at radius 2 is 2.40 bits per heavy atom. The molecule has 1 rings (SSSR count). The van der Waals surface area contributed by atoms with Crippen molar-refractivity contribution >= 4 is 27.7 Å². The third-order valence-corrected chi connectivity index (χ3v) is 1.49. The monoisotopic (exact) mass is 205 g/mol. The Balaban J connectivity index is 3.10. The Morgan fingerprint density at radius 3 is 2.60 bits per heavy atom. The number of nitrogen functional groups attached to an aromatic ring is 1. The number of carboxylic acid groups (broad SMARTS) is 1. The van der Waals surface area contributed by atoms with E-state index < -0.39 is 5.97 Å². The van der Waals surface area contributed by atoms with Gasteiger partial charge in [0.1, 0.15) is 4.60 Å². The maximum atomic E-state index is 10.2. The number of aromatic carboxylic acids is 1. The van der Waals surface area contributed by atoms with Gasteiger partial charge in [-0.1, -0.05) is 0 Å². The van der Waals surface area contributed by atoms with Crippen LogP contribution in [-0.2, 0) is 0 Å². The topological polar surface area (TPSA) is 92.0 Å². The summed E-state index contributed by atoms with van der Waals surface area (Å²) in [5.74, 6) is -1.14. The van der Waals surface area contributed by atoms with Crippen molar-refractivity contribution in [3.8, 4) is 0 Å². The molecule has 0 atom stereocenters. The lowest BCUT2D eigenvalue weighted by Gasteiger charge is -1.80. The number of nitrogens with two attached hydrogens (primary N) is 1. The molecule has 0 amide bonds. The molecule has 1 aromatic rings. The highest BCUT2D eigenvalue weighted by atomic mass is 79.9. The van der Waals surface area contributed by atoms with Crippen molar-refractivity contribution in [2.75, 3.05) is 5.73 Å².